The Morgan fingerprint density at radius 3 is 2.88 bits per heavy atom. The molecule has 0 radical (unpaired) electrons. The predicted molar refractivity (Wildman–Crippen MR) is 92.8 cm³/mol. The van der Waals surface area contributed by atoms with Crippen LogP contribution >= 0.6 is 11.6 Å². The Labute approximate surface area is 145 Å². The van der Waals surface area contributed by atoms with Gasteiger partial charge in [0, 0.05) is 24.7 Å². The molecule has 2 aromatic carbocycles. The first-order valence-corrected chi connectivity index (χ1v) is 8.12. The summed E-state index contributed by atoms with van der Waals surface area (Å²) in [5, 5.41) is 14.3. The van der Waals surface area contributed by atoms with E-state index in [4.69, 9.17) is 16.3 Å². The molecule has 0 bridgehead atoms. The second-order valence-corrected chi connectivity index (χ2v) is 6.11. The first-order chi connectivity index (χ1) is 11.6. The lowest BCUT2D eigenvalue weighted by Gasteiger charge is -2.34. The van der Waals surface area contributed by atoms with E-state index in [1.807, 2.05) is 24.3 Å². The molecule has 1 aliphatic rings. The van der Waals surface area contributed by atoms with Gasteiger partial charge in [0.2, 0.25) is 0 Å². The van der Waals surface area contributed by atoms with E-state index in [9.17, 15) is 9.90 Å². The van der Waals surface area contributed by atoms with Crippen molar-refractivity contribution < 1.29 is 14.6 Å². The van der Waals surface area contributed by atoms with Gasteiger partial charge in [0.15, 0.2) is 11.5 Å². The van der Waals surface area contributed by atoms with Gasteiger partial charge >= 0.3 is 0 Å². The van der Waals surface area contributed by atoms with Crippen LogP contribution in [0.15, 0.2) is 42.5 Å². The molecule has 1 fully saturated rings. The first-order valence-electron chi connectivity index (χ1n) is 7.74. The molecule has 0 aromatic heterocycles. The summed E-state index contributed by atoms with van der Waals surface area (Å²) in [7, 11) is 1.46. The van der Waals surface area contributed by atoms with Crippen molar-refractivity contribution in [3.05, 3.63) is 58.6 Å². The molecule has 0 saturated carbocycles. The van der Waals surface area contributed by atoms with Gasteiger partial charge in [-0.25, -0.2) is 0 Å². The summed E-state index contributed by atoms with van der Waals surface area (Å²) in [5.74, 6) is -0.0369. The number of hydrogen-bond acceptors (Lipinski definition) is 4. The lowest BCUT2D eigenvalue weighted by Crippen LogP contribution is -2.48. The fraction of sp³-hybridized carbons (Fsp3) is 0.278. The number of benzene rings is 2. The van der Waals surface area contributed by atoms with Crippen LogP contribution in [0.2, 0.25) is 5.02 Å². The molecule has 6 heteroatoms. The summed E-state index contributed by atoms with van der Waals surface area (Å²) in [6.07, 6.45) is 0. The fourth-order valence-electron chi connectivity index (χ4n) is 2.91. The van der Waals surface area contributed by atoms with Crippen LogP contribution in [0.5, 0.6) is 11.5 Å². The second-order valence-electron chi connectivity index (χ2n) is 5.67. The van der Waals surface area contributed by atoms with E-state index in [2.05, 4.69) is 5.32 Å². The minimum absolute atomic E-state index is 0.00847. The Kier molecular flexibility index (Phi) is 4.92. The highest BCUT2D eigenvalue weighted by atomic mass is 35.5. The zero-order chi connectivity index (χ0) is 17.1. The summed E-state index contributed by atoms with van der Waals surface area (Å²) in [6.45, 7) is 1.76. The quantitative estimate of drug-likeness (QED) is 0.897. The number of para-hydroxylation sites is 1. The van der Waals surface area contributed by atoms with Crippen LogP contribution in [0.3, 0.4) is 0 Å². The van der Waals surface area contributed by atoms with Crippen molar-refractivity contribution in [1.82, 2.24) is 10.2 Å². The maximum atomic E-state index is 12.8. The Bertz CT molecular complexity index is 751. The second kappa shape index (κ2) is 7.11. The molecule has 24 heavy (non-hydrogen) atoms. The Morgan fingerprint density at radius 2 is 2.12 bits per heavy atom. The average molecular weight is 347 g/mol. The lowest BCUT2D eigenvalue weighted by atomic mass is 10.0. The molecule has 3 rings (SSSR count). The van der Waals surface area contributed by atoms with E-state index in [1.165, 1.54) is 7.11 Å². The van der Waals surface area contributed by atoms with Crippen LogP contribution in [0.1, 0.15) is 22.0 Å². The number of nitrogens with one attached hydrogen (secondary N) is 1. The third-order valence-corrected chi connectivity index (χ3v) is 4.40. The van der Waals surface area contributed by atoms with Gasteiger partial charge in [-0.15, -0.1) is 0 Å². The predicted octanol–water partition coefficient (Wildman–Crippen LogP) is 2.84. The van der Waals surface area contributed by atoms with Crippen molar-refractivity contribution in [3.8, 4) is 11.5 Å². The van der Waals surface area contributed by atoms with E-state index in [0.29, 0.717) is 30.4 Å². The molecule has 5 nitrogen and oxygen atoms in total. The number of phenolic OH excluding ortho intramolecular Hbond substituents is 1. The zero-order valence-electron chi connectivity index (χ0n) is 13.3. The molecule has 1 atom stereocenters. The molecule has 1 aliphatic heterocycles. The summed E-state index contributed by atoms with van der Waals surface area (Å²) in [4.78, 5) is 14.5. The van der Waals surface area contributed by atoms with Crippen molar-refractivity contribution >= 4 is 17.5 Å². The maximum Gasteiger partial charge on any atom is 0.257 e. The molecular weight excluding hydrogens is 328 g/mol. The van der Waals surface area contributed by atoms with Crippen molar-refractivity contribution in [2.45, 2.75) is 6.04 Å². The molecule has 0 aliphatic carbocycles. The molecule has 2 N–H and O–H groups in total. The standard InChI is InChI=1S/C18H19ClN2O3/c1-24-16-7-3-6-14(17(16)22)18(23)21-9-8-20-15(11-21)12-4-2-5-13(19)10-12/h2-7,10,15,20,22H,8-9,11H2,1H3/t15-/m1/s1. The van der Waals surface area contributed by atoms with Crippen LogP contribution in [0.4, 0.5) is 0 Å². The van der Waals surface area contributed by atoms with Crippen LogP contribution in [-0.2, 0) is 0 Å². The molecule has 2 aromatic rings. The number of piperazine rings is 1. The molecule has 0 unspecified atom stereocenters. The maximum absolute atomic E-state index is 12.8. The van der Waals surface area contributed by atoms with Gasteiger partial charge in [-0.3, -0.25) is 4.79 Å². The van der Waals surface area contributed by atoms with E-state index >= 15 is 0 Å². The Hall–Kier alpha value is -2.24. The monoisotopic (exact) mass is 346 g/mol. The SMILES string of the molecule is COc1cccc(C(=O)N2CCN[C@@H](c3cccc(Cl)c3)C2)c1O. The number of amides is 1. The highest BCUT2D eigenvalue weighted by Gasteiger charge is 2.27. The number of carbonyl (C=O) groups is 1. The van der Waals surface area contributed by atoms with Gasteiger partial charge < -0.3 is 20.1 Å². The van der Waals surface area contributed by atoms with Gasteiger partial charge in [-0.1, -0.05) is 29.8 Å². The number of aromatic hydroxyl groups is 1. The van der Waals surface area contributed by atoms with Gasteiger partial charge in [-0.2, -0.15) is 0 Å². The fourth-order valence-corrected chi connectivity index (χ4v) is 3.11. The summed E-state index contributed by atoms with van der Waals surface area (Å²) in [5.41, 5.74) is 1.29. The molecule has 1 amide bonds. The zero-order valence-corrected chi connectivity index (χ0v) is 14.1. The normalized spacial score (nSPS) is 17.6. The van der Waals surface area contributed by atoms with Crippen LogP contribution in [-0.4, -0.2) is 42.7 Å². The summed E-state index contributed by atoms with van der Waals surface area (Å²) < 4.78 is 5.08. The average Bonchev–Trinajstić information content (AvgIpc) is 2.61. The highest BCUT2D eigenvalue weighted by molar-refractivity contribution is 6.30. The number of rotatable bonds is 3. The number of ether oxygens (including phenoxy) is 1. The number of methoxy groups -OCH3 is 1. The van der Waals surface area contributed by atoms with E-state index < -0.39 is 0 Å². The van der Waals surface area contributed by atoms with E-state index in [-0.39, 0.29) is 23.3 Å². The van der Waals surface area contributed by atoms with E-state index in [0.717, 1.165) is 5.56 Å². The van der Waals surface area contributed by atoms with Gasteiger partial charge in [0.1, 0.15) is 0 Å². The largest absolute Gasteiger partial charge is 0.504 e. The first kappa shape index (κ1) is 16.6. The van der Waals surface area contributed by atoms with Crippen LogP contribution in [0, 0.1) is 0 Å². The van der Waals surface area contributed by atoms with E-state index in [1.54, 1.807) is 23.1 Å². The number of phenols is 1. The third-order valence-electron chi connectivity index (χ3n) is 4.16. The van der Waals surface area contributed by atoms with Crippen LogP contribution < -0.4 is 10.1 Å². The van der Waals surface area contributed by atoms with Crippen LogP contribution in [0.25, 0.3) is 0 Å². The number of hydrogen-bond donors (Lipinski definition) is 2. The summed E-state index contributed by atoms with van der Waals surface area (Å²) in [6, 6.07) is 12.5. The molecular formula is C18H19ClN2O3. The Morgan fingerprint density at radius 1 is 1.33 bits per heavy atom. The van der Waals surface area contributed by atoms with Gasteiger partial charge in [0.25, 0.3) is 5.91 Å². The third kappa shape index (κ3) is 3.32. The number of halogens is 1. The molecule has 126 valence electrons. The van der Waals surface area contributed by atoms with Crippen molar-refractivity contribution in [2.24, 2.45) is 0 Å². The number of nitrogens with zero attached hydrogens (tertiary/aromatic N) is 1. The minimum atomic E-state index is -0.208. The molecule has 1 heterocycles. The highest BCUT2D eigenvalue weighted by Crippen LogP contribution is 2.31. The van der Waals surface area contributed by atoms with Crippen molar-refractivity contribution in [1.29, 1.82) is 0 Å². The van der Waals surface area contributed by atoms with Gasteiger partial charge in [-0.05, 0) is 29.8 Å². The smallest absolute Gasteiger partial charge is 0.257 e. The topological polar surface area (TPSA) is 61.8 Å². The molecule has 0 spiro atoms. The number of carbonyl (C=O) groups excluding carboxylic acids is 1. The van der Waals surface area contributed by atoms with Gasteiger partial charge in [0.05, 0.1) is 18.7 Å². The molecule has 1 saturated heterocycles. The Balaban J connectivity index is 1.81. The lowest BCUT2D eigenvalue weighted by molar-refractivity contribution is 0.0699. The summed E-state index contributed by atoms with van der Waals surface area (Å²) >= 11 is 6.06. The minimum Gasteiger partial charge on any atom is -0.504 e. The van der Waals surface area contributed by atoms with Crippen molar-refractivity contribution in [3.63, 3.8) is 0 Å². The van der Waals surface area contributed by atoms with Crippen molar-refractivity contribution in [2.75, 3.05) is 26.7 Å².